The second-order valence-electron chi connectivity index (χ2n) is 6.36. The lowest BCUT2D eigenvalue weighted by Crippen LogP contribution is -2.18. The predicted molar refractivity (Wildman–Crippen MR) is 106 cm³/mol. The van der Waals surface area contributed by atoms with Gasteiger partial charge in [-0.3, -0.25) is 4.79 Å². The summed E-state index contributed by atoms with van der Waals surface area (Å²) in [5.41, 5.74) is 1.96. The third-order valence-electron chi connectivity index (χ3n) is 4.37. The molecule has 0 saturated heterocycles. The van der Waals surface area contributed by atoms with Gasteiger partial charge in [0.15, 0.2) is 28.8 Å². The zero-order valence-corrected chi connectivity index (χ0v) is 16.5. The maximum Gasteiger partial charge on any atom is 0.250 e. The van der Waals surface area contributed by atoms with E-state index < -0.39 is 0 Å². The van der Waals surface area contributed by atoms with Crippen molar-refractivity contribution in [3.63, 3.8) is 0 Å². The van der Waals surface area contributed by atoms with Crippen LogP contribution in [0.5, 0.6) is 23.0 Å². The number of anilines is 1. The number of nitrogens with one attached hydrogen (secondary N) is 1. The third-order valence-corrected chi connectivity index (χ3v) is 4.37. The molecular formula is C21H20N2O7. The number of benzene rings is 2. The lowest BCUT2D eigenvalue weighted by atomic mass is 10.1. The molecule has 1 amide bonds. The summed E-state index contributed by atoms with van der Waals surface area (Å²) in [6, 6.07) is 12.3. The number of fused-ring (bicyclic) bond motifs is 1. The highest BCUT2D eigenvalue weighted by Gasteiger charge is 2.16. The lowest BCUT2D eigenvalue weighted by Gasteiger charge is -2.10. The van der Waals surface area contributed by atoms with Crippen LogP contribution in [0.3, 0.4) is 0 Å². The molecule has 0 spiro atoms. The second kappa shape index (κ2) is 8.75. The first-order valence-corrected chi connectivity index (χ1v) is 9.11. The maximum atomic E-state index is 12.1. The number of hydrogen-bond donors (Lipinski definition) is 1. The summed E-state index contributed by atoms with van der Waals surface area (Å²) in [5.74, 6) is 2.73. The molecule has 4 rings (SSSR count). The summed E-state index contributed by atoms with van der Waals surface area (Å²) in [4.78, 5) is 12.1. The molecule has 2 heterocycles. The lowest BCUT2D eigenvalue weighted by molar-refractivity contribution is -0.121. The smallest absolute Gasteiger partial charge is 0.250 e. The molecule has 0 bridgehead atoms. The van der Waals surface area contributed by atoms with Crippen molar-refractivity contribution in [3.05, 3.63) is 48.2 Å². The molecule has 9 heteroatoms. The van der Waals surface area contributed by atoms with Crippen LogP contribution in [0.1, 0.15) is 5.69 Å². The van der Waals surface area contributed by atoms with E-state index in [9.17, 15) is 4.79 Å². The van der Waals surface area contributed by atoms with Gasteiger partial charge < -0.3 is 33.5 Å². The standard InChI is InChI=1S/C21H20N2O7/c1-25-16-6-4-14(8-19(16)26-2)22-21(24)11-27-10-15-9-18(30-23-15)13-3-5-17-20(7-13)29-12-28-17/h3-9H,10-12H2,1-2H3,(H,22,24). The minimum Gasteiger partial charge on any atom is -0.493 e. The van der Waals surface area contributed by atoms with Crippen molar-refractivity contribution in [2.75, 3.05) is 32.9 Å². The first-order chi connectivity index (χ1) is 14.7. The fourth-order valence-electron chi connectivity index (χ4n) is 2.93. The molecule has 0 radical (unpaired) electrons. The predicted octanol–water partition coefficient (Wildman–Crippen LogP) is 3.24. The van der Waals surface area contributed by atoms with E-state index in [0.717, 1.165) is 5.56 Å². The van der Waals surface area contributed by atoms with E-state index in [1.165, 1.54) is 7.11 Å². The Balaban J connectivity index is 1.29. The van der Waals surface area contributed by atoms with Crippen LogP contribution in [-0.2, 0) is 16.1 Å². The number of rotatable bonds is 8. The van der Waals surface area contributed by atoms with E-state index in [1.807, 2.05) is 18.2 Å². The Hall–Kier alpha value is -3.72. The van der Waals surface area contributed by atoms with Crippen molar-refractivity contribution in [1.82, 2.24) is 5.16 Å². The number of nitrogens with zero attached hydrogens (tertiary/aromatic N) is 1. The van der Waals surface area contributed by atoms with E-state index in [4.69, 9.17) is 28.2 Å². The molecule has 1 aliphatic rings. The summed E-state index contributed by atoms with van der Waals surface area (Å²) in [7, 11) is 3.08. The highest BCUT2D eigenvalue weighted by molar-refractivity contribution is 5.92. The van der Waals surface area contributed by atoms with Gasteiger partial charge in [-0.05, 0) is 30.3 Å². The van der Waals surface area contributed by atoms with Crippen LogP contribution < -0.4 is 24.3 Å². The van der Waals surface area contributed by atoms with Crippen molar-refractivity contribution in [3.8, 4) is 34.3 Å². The number of hydrogen-bond acceptors (Lipinski definition) is 8. The maximum absolute atomic E-state index is 12.1. The van der Waals surface area contributed by atoms with Gasteiger partial charge in [-0.25, -0.2) is 0 Å². The monoisotopic (exact) mass is 412 g/mol. The van der Waals surface area contributed by atoms with Crippen LogP contribution in [0, 0.1) is 0 Å². The number of carbonyl (C=O) groups is 1. The van der Waals surface area contributed by atoms with Crippen molar-refractivity contribution in [2.45, 2.75) is 6.61 Å². The summed E-state index contributed by atoms with van der Waals surface area (Å²) in [6.07, 6.45) is 0. The van der Waals surface area contributed by atoms with Gasteiger partial charge in [0.25, 0.3) is 0 Å². The number of amides is 1. The highest BCUT2D eigenvalue weighted by Crippen LogP contribution is 2.36. The zero-order valence-electron chi connectivity index (χ0n) is 16.5. The second-order valence-corrected chi connectivity index (χ2v) is 6.36. The molecule has 1 N–H and O–H groups in total. The van der Waals surface area contributed by atoms with Crippen molar-refractivity contribution in [1.29, 1.82) is 0 Å². The Morgan fingerprint density at radius 2 is 1.87 bits per heavy atom. The van der Waals surface area contributed by atoms with Gasteiger partial charge in [-0.15, -0.1) is 0 Å². The van der Waals surface area contributed by atoms with E-state index >= 15 is 0 Å². The number of aromatic nitrogens is 1. The molecular weight excluding hydrogens is 392 g/mol. The Bertz CT molecular complexity index is 1050. The summed E-state index contributed by atoms with van der Waals surface area (Å²) >= 11 is 0. The van der Waals surface area contributed by atoms with E-state index in [-0.39, 0.29) is 25.9 Å². The highest BCUT2D eigenvalue weighted by atomic mass is 16.7. The number of carbonyl (C=O) groups excluding carboxylic acids is 1. The minimum atomic E-state index is -0.304. The molecule has 30 heavy (non-hydrogen) atoms. The summed E-state index contributed by atoms with van der Waals surface area (Å²) in [6.45, 7) is 0.202. The fraction of sp³-hybridized carbons (Fsp3) is 0.238. The van der Waals surface area contributed by atoms with Crippen LogP contribution in [0.15, 0.2) is 47.0 Å². The molecule has 9 nitrogen and oxygen atoms in total. The average molecular weight is 412 g/mol. The SMILES string of the molecule is COc1ccc(NC(=O)COCc2cc(-c3ccc4c(c3)OCO4)on2)cc1OC. The number of methoxy groups -OCH3 is 2. The molecule has 3 aromatic rings. The Morgan fingerprint density at radius 1 is 1.03 bits per heavy atom. The van der Waals surface area contributed by atoms with Crippen molar-refractivity contribution >= 4 is 11.6 Å². The third kappa shape index (κ3) is 4.31. The van der Waals surface area contributed by atoms with Gasteiger partial charge in [-0.1, -0.05) is 5.16 Å². The summed E-state index contributed by atoms with van der Waals surface area (Å²) < 4.78 is 31.9. The fourth-order valence-corrected chi connectivity index (χ4v) is 2.93. The van der Waals surface area contributed by atoms with Gasteiger partial charge in [-0.2, -0.15) is 0 Å². The first-order valence-electron chi connectivity index (χ1n) is 9.11. The molecule has 0 unspecified atom stereocenters. The van der Waals surface area contributed by atoms with Gasteiger partial charge >= 0.3 is 0 Å². The van der Waals surface area contributed by atoms with Gasteiger partial charge in [0.2, 0.25) is 12.7 Å². The van der Waals surface area contributed by atoms with Crippen molar-refractivity contribution in [2.24, 2.45) is 0 Å². The molecule has 0 saturated carbocycles. The van der Waals surface area contributed by atoms with Crippen LogP contribution in [0.4, 0.5) is 5.69 Å². The first kappa shape index (κ1) is 19.6. The molecule has 1 aliphatic heterocycles. The summed E-state index contributed by atoms with van der Waals surface area (Å²) in [5, 5.41) is 6.71. The van der Waals surface area contributed by atoms with Gasteiger partial charge in [0, 0.05) is 23.4 Å². The molecule has 156 valence electrons. The largest absolute Gasteiger partial charge is 0.493 e. The minimum absolute atomic E-state index is 0.132. The van der Waals surface area contributed by atoms with E-state index in [1.54, 1.807) is 31.4 Å². The Kier molecular flexibility index (Phi) is 5.71. The van der Waals surface area contributed by atoms with Crippen LogP contribution in [-0.4, -0.2) is 38.7 Å². The normalized spacial score (nSPS) is 11.9. The van der Waals surface area contributed by atoms with Crippen molar-refractivity contribution < 1.29 is 33.0 Å². The Morgan fingerprint density at radius 3 is 2.70 bits per heavy atom. The topological polar surface area (TPSA) is 101 Å². The molecule has 2 aromatic carbocycles. The molecule has 0 aliphatic carbocycles. The van der Waals surface area contributed by atoms with E-state index in [2.05, 4.69) is 10.5 Å². The van der Waals surface area contributed by atoms with Crippen LogP contribution in [0.2, 0.25) is 0 Å². The van der Waals surface area contributed by atoms with E-state index in [0.29, 0.717) is 40.1 Å². The Labute approximate surface area is 172 Å². The number of ether oxygens (including phenoxy) is 5. The quantitative estimate of drug-likeness (QED) is 0.602. The molecule has 1 aromatic heterocycles. The van der Waals surface area contributed by atoms with Gasteiger partial charge in [0.05, 0.1) is 20.8 Å². The zero-order chi connectivity index (χ0) is 20.9. The van der Waals surface area contributed by atoms with Crippen LogP contribution >= 0.6 is 0 Å². The molecule has 0 atom stereocenters. The average Bonchev–Trinajstić information content (AvgIpc) is 3.42. The van der Waals surface area contributed by atoms with Gasteiger partial charge in [0.1, 0.15) is 12.3 Å². The molecule has 0 fully saturated rings. The van der Waals surface area contributed by atoms with Crippen LogP contribution in [0.25, 0.3) is 11.3 Å².